The zero-order chi connectivity index (χ0) is 11.2. The summed E-state index contributed by atoms with van der Waals surface area (Å²) in [6.45, 7) is 4.15. The topological polar surface area (TPSA) is 24.5 Å². The second-order valence-electron chi connectivity index (χ2n) is 4.36. The highest BCUT2D eigenvalue weighted by atomic mass is 16.5. The van der Waals surface area contributed by atoms with Crippen LogP contribution < -0.4 is 10.1 Å². The molecule has 0 radical (unpaired) electrons. The number of likely N-dealkylation sites (N-methyl/N-ethyl adjacent to an activating group) is 1. The molecule has 1 fully saturated rings. The number of rotatable bonds is 4. The highest BCUT2D eigenvalue weighted by Gasteiger charge is 2.15. The van der Waals surface area contributed by atoms with E-state index in [1.165, 1.54) is 0 Å². The fourth-order valence-electron chi connectivity index (χ4n) is 2.02. The van der Waals surface area contributed by atoms with Crippen molar-refractivity contribution in [2.45, 2.75) is 12.5 Å². The minimum absolute atomic E-state index is 0.572. The van der Waals surface area contributed by atoms with Gasteiger partial charge in [-0.25, -0.2) is 0 Å². The third-order valence-corrected chi connectivity index (χ3v) is 2.94. The van der Waals surface area contributed by atoms with Crippen molar-refractivity contribution in [1.82, 2.24) is 10.2 Å². The smallest absolute Gasteiger partial charge is 0.119 e. The van der Waals surface area contributed by atoms with Crippen molar-refractivity contribution in [1.29, 1.82) is 0 Å². The molecular weight excluding hydrogens is 200 g/mol. The Hall–Kier alpha value is -1.06. The molecule has 1 unspecified atom stereocenters. The number of ether oxygens (including phenoxy) is 1. The fourth-order valence-corrected chi connectivity index (χ4v) is 2.02. The molecule has 3 nitrogen and oxygen atoms in total. The van der Waals surface area contributed by atoms with Gasteiger partial charge < -0.3 is 15.0 Å². The molecule has 0 bridgehead atoms. The van der Waals surface area contributed by atoms with Gasteiger partial charge >= 0.3 is 0 Å². The summed E-state index contributed by atoms with van der Waals surface area (Å²) >= 11 is 0. The van der Waals surface area contributed by atoms with Gasteiger partial charge in [0.05, 0.1) is 6.61 Å². The summed E-state index contributed by atoms with van der Waals surface area (Å²) in [5.41, 5.74) is 0. The van der Waals surface area contributed by atoms with E-state index in [0.717, 1.165) is 38.4 Å². The normalized spacial score (nSPS) is 21.9. The number of para-hydroxylation sites is 1. The zero-order valence-electron chi connectivity index (χ0n) is 9.86. The average molecular weight is 220 g/mol. The molecule has 2 rings (SSSR count). The van der Waals surface area contributed by atoms with Gasteiger partial charge in [-0.05, 0) is 25.6 Å². The van der Waals surface area contributed by atoms with Gasteiger partial charge in [-0.15, -0.1) is 0 Å². The second kappa shape index (κ2) is 5.87. The molecule has 0 spiro atoms. The van der Waals surface area contributed by atoms with Gasteiger partial charge in [0.1, 0.15) is 5.75 Å². The molecule has 0 saturated carbocycles. The zero-order valence-corrected chi connectivity index (χ0v) is 9.86. The van der Waals surface area contributed by atoms with Crippen LogP contribution in [0.3, 0.4) is 0 Å². The van der Waals surface area contributed by atoms with E-state index in [1.807, 2.05) is 30.3 Å². The Morgan fingerprint density at radius 3 is 2.94 bits per heavy atom. The van der Waals surface area contributed by atoms with Crippen LogP contribution in [0.15, 0.2) is 30.3 Å². The van der Waals surface area contributed by atoms with Crippen LogP contribution in [0.1, 0.15) is 6.42 Å². The molecule has 1 heterocycles. The van der Waals surface area contributed by atoms with Crippen molar-refractivity contribution >= 4 is 0 Å². The molecule has 1 aromatic carbocycles. The van der Waals surface area contributed by atoms with Crippen LogP contribution in [0.5, 0.6) is 5.75 Å². The average Bonchev–Trinajstić information content (AvgIpc) is 2.30. The first-order valence-corrected chi connectivity index (χ1v) is 5.94. The number of piperazine rings is 1. The summed E-state index contributed by atoms with van der Waals surface area (Å²) in [6.07, 6.45) is 1.07. The number of nitrogens with one attached hydrogen (secondary N) is 1. The Kier molecular flexibility index (Phi) is 4.19. The maximum Gasteiger partial charge on any atom is 0.119 e. The summed E-state index contributed by atoms with van der Waals surface area (Å²) in [6, 6.07) is 10.6. The van der Waals surface area contributed by atoms with E-state index < -0.39 is 0 Å². The van der Waals surface area contributed by atoms with Crippen molar-refractivity contribution in [2.24, 2.45) is 0 Å². The SMILES string of the molecule is CN1CCNC(CCOc2ccccc2)C1. The molecule has 0 aromatic heterocycles. The number of hydrogen-bond acceptors (Lipinski definition) is 3. The summed E-state index contributed by atoms with van der Waals surface area (Å²) in [5.74, 6) is 0.965. The lowest BCUT2D eigenvalue weighted by Crippen LogP contribution is -2.49. The lowest BCUT2D eigenvalue weighted by Gasteiger charge is -2.30. The molecule has 88 valence electrons. The molecule has 1 aliphatic heterocycles. The predicted molar refractivity (Wildman–Crippen MR) is 65.8 cm³/mol. The predicted octanol–water partition coefficient (Wildman–Crippen LogP) is 1.36. The van der Waals surface area contributed by atoms with Gasteiger partial charge in [0.25, 0.3) is 0 Å². The molecule has 16 heavy (non-hydrogen) atoms. The van der Waals surface area contributed by atoms with E-state index in [9.17, 15) is 0 Å². The van der Waals surface area contributed by atoms with Crippen molar-refractivity contribution in [3.05, 3.63) is 30.3 Å². The summed E-state index contributed by atoms with van der Waals surface area (Å²) in [5, 5.41) is 3.51. The van der Waals surface area contributed by atoms with E-state index in [4.69, 9.17) is 4.74 Å². The van der Waals surface area contributed by atoms with E-state index in [1.54, 1.807) is 0 Å². The fraction of sp³-hybridized carbons (Fsp3) is 0.538. The first kappa shape index (κ1) is 11.4. The van der Waals surface area contributed by atoms with Gasteiger partial charge in [0, 0.05) is 25.7 Å². The summed E-state index contributed by atoms with van der Waals surface area (Å²) < 4.78 is 5.69. The maximum absolute atomic E-state index is 5.69. The first-order chi connectivity index (χ1) is 7.84. The highest BCUT2D eigenvalue weighted by molar-refractivity contribution is 5.20. The molecule has 0 aliphatic carbocycles. The Bertz CT molecular complexity index is 302. The quantitative estimate of drug-likeness (QED) is 0.829. The molecular formula is C13H20N2O. The molecule has 3 heteroatoms. The lowest BCUT2D eigenvalue weighted by molar-refractivity contribution is 0.206. The van der Waals surface area contributed by atoms with Crippen molar-refractivity contribution in [2.75, 3.05) is 33.3 Å². The van der Waals surface area contributed by atoms with Crippen LogP contribution in [0.4, 0.5) is 0 Å². The minimum atomic E-state index is 0.572. The molecule has 1 saturated heterocycles. The van der Waals surface area contributed by atoms with Gasteiger partial charge in [0.2, 0.25) is 0 Å². The Morgan fingerprint density at radius 2 is 2.19 bits per heavy atom. The van der Waals surface area contributed by atoms with Crippen LogP contribution >= 0.6 is 0 Å². The van der Waals surface area contributed by atoms with E-state index in [2.05, 4.69) is 17.3 Å². The third kappa shape index (κ3) is 3.51. The van der Waals surface area contributed by atoms with E-state index >= 15 is 0 Å². The standard InChI is InChI=1S/C13H20N2O/c1-15-9-8-14-12(11-15)7-10-16-13-5-3-2-4-6-13/h2-6,12,14H,7-11H2,1H3. The maximum atomic E-state index is 5.69. The van der Waals surface area contributed by atoms with Crippen molar-refractivity contribution in [3.8, 4) is 5.75 Å². The molecule has 1 aliphatic rings. The van der Waals surface area contributed by atoms with E-state index in [-0.39, 0.29) is 0 Å². The van der Waals surface area contributed by atoms with Crippen LogP contribution in [0.2, 0.25) is 0 Å². The molecule has 1 atom stereocenters. The van der Waals surface area contributed by atoms with Crippen molar-refractivity contribution in [3.63, 3.8) is 0 Å². The van der Waals surface area contributed by atoms with Crippen LogP contribution in [0.25, 0.3) is 0 Å². The summed E-state index contributed by atoms with van der Waals surface area (Å²) in [4.78, 5) is 2.36. The minimum Gasteiger partial charge on any atom is -0.494 e. The molecule has 0 amide bonds. The molecule has 1 N–H and O–H groups in total. The monoisotopic (exact) mass is 220 g/mol. The Balaban J connectivity index is 1.68. The van der Waals surface area contributed by atoms with Gasteiger partial charge in [-0.1, -0.05) is 18.2 Å². The largest absolute Gasteiger partial charge is 0.494 e. The van der Waals surface area contributed by atoms with Crippen LogP contribution in [-0.4, -0.2) is 44.2 Å². The van der Waals surface area contributed by atoms with Crippen LogP contribution in [0, 0.1) is 0 Å². The highest BCUT2D eigenvalue weighted by Crippen LogP contribution is 2.09. The summed E-state index contributed by atoms with van der Waals surface area (Å²) in [7, 11) is 2.17. The molecule has 1 aromatic rings. The second-order valence-corrected chi connectivity index (χ2v) is 4.36. The van der Waals surface area contributed by atoms with Crippen LogP contribution in [-0.2, 0) is 0 Å². The first-order valence-electron chi connectivity index (χ1n) is 5.94. The number of benzene rings is 1. The third-order valence-electron chi connectivity index (χ3n) is 2.94. The van der Waals surface area contributed by atoms with Gasteiger partial charge in [-0.2, -0.15) is 0 Å². The van der Waals surface area contributed by atoms with Crippen molar-refractivity contribution < 1.29 is 4.74 Å². The Morgan fingerprint density at radius 1 is 1.38 bits per heavy atom. The van der Waals surface area contributed by atoms with Gasteiger partial charge in [0.15, 0.2) is 0 Å². The van der Waals surface area contributed by atoms with E-state index in [0.29, 0.717) is 6.04 Å². The Labute approximate surface area is 97.4 Å². The van der Waals surface area contributed by atoms with Gasteiger partial charge in [-0.3, -0.25) is 0 Å². The number of nitrogens with zero attached hydrogens (tertiary/aromatic N) is 1. The lowest BCUT2D eigenvalue weighted by atomic mass is 10.1. The number of hydrogen-bond donors (Lipinski definition) is 1.